The van der Waals surface area contributed by atoms with Crippen molar-refractivity contribution >= 4 is 40.2 Å². The fourth-order valence-electron chi connectivity index (χ4n) is 6.05. The quantitative estimate of drug-likeness (QED) is 0.163. The molecular formula is C34H30N2O5. The molecule has 1 aliphatic heterocycles. The van der Waals surface area contributed by atoms with E-state index in [4.69, 9.17) is 9.72 Å². The van der Waals surface area contributed by atoms with Gasteiger partial charge >= 0.3 is 5.97 Å². The van der Waals surface area contributed by atoms with Crippen molar-refractivity contribution in [3.63, 3.8) is 0 Å². The molecule has 41 heavy (non-hydrogen) atoms. The number of benzene rings is 3. The van der Waals surface area contributed by atoms with Gasteiger partial charge in [0, 0.05) is 16.5 Å². The Morgan fingerprint density at radius 3 is 2.39 bits per heavy atom. The molecule has 206 valence electrons. The summed E-state index contributed by atoms with van der Waals surface area (Å²) in [7, 11) is 0. The standard InChI is InChI=1S/C34H30N2O5/c1-20-11-16-26-27(17-20)33(39)36(32(26)38)24-14-12-22(13-15-24)29-18-28(25-10-6-7-21(2)31(25)35-29)34(40)41-19-30(37)23-8-4-3-5-9-23/h3-10,12-15,18,20,26-27H,11,16-17,19H2,1-2H3. The Labute approximate surface area is 238 Å². The molecule has 2 amide bonds. The molecule has 2 fully saturated rings. The first-order valence-corrected chi connectivity index (χ1v) is 14.0. The van der Waals surface area contributed by atoms with E-state index in [1.54, 1.807) is 54.6 Å². The van der Waals surface area contributed by atoms with Crippen LogP contribution in [0.4, 0.5) is 5.69 Å². The highest BCUT2D eigenvalue weighted by Gasteiger charge is 2.49. The topological polar surface area (TPSA) is 93.6 Å². The molecule has 7 nitrogen and oxygen atoms in total. The van der Waals surface area contributed by atoms with Crippen molar-refractivity contribution in [2.45, 2.75) is 33.1 Å². The second-order valence-electron chi connectivity index (χ2n) is 11.1. The Hall–Kier alpha value is -4.65. The molecule has 4 aromatic rings. The van der Waals surface area contributed by atoms with Crippen molar-refractivity contribution in [3.05, 3.63) is 95.6 Å². The van der Waals surface area contributed by atoms with E-state index in [2.05, 4.69) is 6.92 Å². The molecule has 0 N–H and O–H groups in total. The molecule has 2 aliphatic rings. The number of carbonyl (C=O) groups excluding carboxylic acids is 4. The number of para-hydroxylation sites is 1. The highest BCUT2D eigenvalue weighted by atomic mass is 16.5. The molecular weight excluding hydrogens is 516 g/mol. The Morgan fingerprint density at radius 2 is 1.63 bits per heavy atom. The van der Waals surface area contributed by atoms with E-state index in [9.17, 15) is 19.2 Å². The first-order valence-electron chi connectivity index (χ1n) is 14.0. The van der Waals surface area contributed by atoms with E-state index in [0.29, 0.717) is 39.3 Å². The Bertz CT molecular complexity index is 1680. The zero-order valence-electron chi connectivity index (χ0n) is 23.0. The van der Waals surface area contributed by atoms with Crippen LogP contribution in [-0.4, -0.2) is 35.2 Å². The number of hydrogen-bond acceptors (Lipinski definition) is 6. The van der Waals surface area contributed by atoms with Crippen LogP contribution in [0.2, 0.25) is 0 Å². The molecule has 3 aromatic carbocycles. The number of esters is 1. The third-order valence-corrected chi connectivity index (χ3v) is 8.30. The summed E-state index contributed by atoms with van der Waals surface area (Å²) in [5.41, 5.74) is 4.13. The maximum atomic E-state index is 13.3. The van der Waals surface area contributed by atoms with Gasteiger partial charge in [-0.1, -0.05) is 67.6 Å². The van der Waals surface area contributed by atoms with Crippen LogP contribution >= 0.6 is 0 Å². The van der Waals surface area contributed by atoms with Crippen LogP contribution in [0.5, 0.6) is 0 Å². The van der Waals surface area contributed by atoms with Gasteiger partial charge in [-0.25, -0.2) is 9.78 Å². The number of Topliss-reactive ketones (excluding diaryl/α,β-unsaturated/α-hetero) is 1. The molecule has 1 aliphatic carbocycles. The lowest BCUT2D eigenvalue weighted by atomic mass is 9.76. The lowest BCUT2D eigenvalue weighted by molar-refractivity contribution is -0.122. The summed E-state index contributed by atoms with van der Waals surface area (Å²) >= 11 is 0. The number of imide groups is 1. The molecule has 1 saturated carbocycles. The summed E-state index contributed by atoms with van der Waals surface area (Å²) in [6.45, 7) is 3.68. The third kappa shape index (κ3) is 4.92. The van der Waals surface area contributed by atoms with E-state index in [-0.39, 0.29) is 36.0 Å². The van der Waals surface area contributed by atoms with Gasteiger partial charge in [-0.3, -0.25) is 19.3 Å². The number of rotatable bonds is 6. The average molecular weight is 547 g/mol. The van der Waals surface area contributed by atoms with Crippen LogP contribution in [0, 0.1) is 24.7 Å². The van der Waals surface area contributed by atoms with Gasteiger partial charge < -0.3 is 4.74 Å². The number of nitrogens with zero attached hydrogens (tertiary/aromatic N) is 2. The predicted octanol–water partition coefficient (Wildman–Crippen LogP) is 6.18. The number of aryl methyl sites for hydroxylation is 1. The number of fused-ring (bicyclic) bond motifs is 2. The zero-order valence-corrected chi connectivity index (χ0v) is 23.0. The number of ketones is 1. The minimum Gasteiger partial charge on any atom is -0.454 e. The van der Waals surface area contributed by atoms with Gasteiger partial charge in [0.1, 0.15) is 0 Å². The van der Waals surface area contributed by atoms with E-state index in [1.165, 1.54) is 4.90 Å². The summed E-state index contributed by atoms with van der Waals surface area (Å²) in [6, 6.07) is 23.1. The van der Waals surface area contributed by atoms with Crippen LogP contribution in [0.3, 0.4) is 0 Å². The van der Waals surface area contributed by atoms with E-state index in [0.717, 1.165) is 30.4 Å². The van der Waals surface area contributed by atoms with Crippen LogP contribution in [-0.2, 0) is 14.3 Å². The molecule has 1 aromatic heterocycles. The summed E-state index contributed by atoms with van der Waals surface area (Å²) in [5, 5.41) is 0.632. The highest BCUT2D eigenvalue weighted by Crippen LogP contribution is 2.42. The second kappa shape index (κ2) is 10.7. The smallest absolute Gasteiger partial charge is 0.339 e. The lowest BCUT2D eigenvalue weighted by Gasteiger charge is -2.25. The minimum atomic E-state index is -0.616. The SMILES string of the molecule is Cc1cccc2c(C(=O)OCC(=O)c3ccccc3)cc(-c3ccc(N4C(=O)C5CCC(C)CC5C4=O)cc3)nc12. The van der Waals surface area contributed by atoms with Crippen molar-refractivity contribution in [1.82, 2.24) is 4.98 Å². The normalized spacial score (nSPS) is 20.2. The van der Waals surface area contributed by atoms with Gasteiger partial charge in [-0.05, 0) is 55.9 Å². The van der Waals surface area contributed by atoms with Crippen molar-refractivity contribution in [3.8, 4) is 11.3 Å². The fourth-order valence-corrected chi connectivity index (χ4v) is 6.05. The Balaban J connectivity index is 1.29. The van der Waals surface area contributed by atoms with Crippen molar-refractivity contribution in [1.29, 1.82) is 0 Å². The summed E-state index contributed by atoms with van der Waals surface area (Å²) < 4.78 is 5.45. The Morgan fingerprint density at radius 1 is 0.902 bits per heavy atom. The zero-order chi connectivity index (χ0) is 28.7. The average Bonchev–Trinajstić information content (AvgIpc) is 3.24. The number of aromatic nitrogens is 1. The van der Waals surface area contributed by atoms with Crippen LogP contribution < -0.4 is 4.90 Å². The van der Waals surface area contributed by atoms with Crippen LogP contribution in [0.1, 0.15) is 52.5 Å². The fraction of sp³-hybridized carbons (Fsp3) is 0.265. The molecule has 3 unspecified atom stereocenters. The van der Waals surface area contributed by atoms with Crippen LogP contribution in [0.25, 0.3) is 22.2 Å². The maximum Gasteiger partial charge on any atom is 0.339 e. The van der Waals surface area contributed by atoms with Gasteiger partial charge in [0.25, 0.3) is 0 Å². The van der Waals surface area contributed by atoms with Crippen molar-refractivity contribution in [2.24, 2.45) is 17.8 Å². The molecule has 0 spiro atoms. The summed E-state index contributed by atoms with van der Waals surface area (Å²) in [6.07, 6.45) is 2.46. The number of hydrogen-bond donors (Lipinski definition) is 0. The molecule has 1 saturated heterocycles. The minimum absolute atomic E-state index is 0.116. The number of pyridine rings is 1. The monoisotopic (exact) mass is 546 g/mol. The molecule has 2 heterocycles. The van der Waals surface area contributed by atoms with Gasteiger partial charge in [0.2, 0.25) is 11.8 Å². The van der Waals surface area contributed by atoms with E-state index >= 15 is 0 Å². The molecule has 3 atom stereocenters. The number of carbonyl (C=O) groups is 4. The predicted molar refractivity (Wildman–Crippen MR) is 155 cm³/mol. The number of amides is 2. The molecule has 0 radical (unpaired) electrons. The van der Waals surface area contributed by atoms with Crippen molar-refractivity contribution in [2.75, 3.05) is 11.5 Å². The second-order valence-corrected chi connectivity index (χ2v) is 11.1. The summed E-state index contributed by atoms with van der Waals surface area (Å²) in [5.74, 6) is -1.16. The van der Waals surface area contributed by atoms with Gasteiger partial charge in [0.05, 0.1) is 34.3 Å². The van der Waals surface area contributed by atoms with Gasteiger partial charge in [0.15, 0.2) is 12.4 Å². The summed E-state index contributed by atoms with van der Waals surface area (Å²) in [4.78, 5) is 58.3. The maximum absolute atomic E-state index is 13.3. The largest absolute Gasteiger partial charge is 0.454 e. The number of ether oxygens (including phenoxy) is 1. The first-order chi connectivity index (χ1) is 19.8. The molecule has 6 rings (SSSR count). The molecule has 7 heteroatoms. The van der Waals surface area contributed by atoms with Gasteiger partial charge in [-0.2, -0.15) is 0 Å². The highest BCUT2D eigenvalue weighted by molar-refractivity contribution is 6.22. The van der Waals surface area contributed by atoms with E-state index < -0.39 is 5.97 Å². The third-order valence-electron chi connectivity index (χ3n) is 8.30. The Kier molecular flexibility index (Phi) is 6.95. The lowest BCUT2D eigenvalue weighted by Crippen LogP contribution is -2.30. The van der Waals surface area contributed by atoms with E-state index in [1.807, 2.05) is 31.2 Å². The first kappa shape index (κ1) is 26.6. The molecule has 0 bridgehead atoms. The van der Waals surface area contributed by atoms with Crippen molar-refractivity contribution < 1.29 is 23.9 Å². The van der Waals surface area contributed by atoms with Crippen LogP contribution in [0.15, 0.2) is 78.9 Å². The van der Waals surface area contributed by atoms with Gasteiger partial charge in [-0.15, -0.1) is 0 Å². The number of anilines is 1.